The maximum atomic E-state index is 13.1. The number of rotatable bonds is 5. The minimum absolute atomic E-state index is 0.199. The van der Waals surface area contributed by atoms with Crippen LogP contribution < -0.4 is 0 Å². The molecule has 1 heterocycles. The number of carbonyl (C=O) groups is 2. The number of ether oxygens (including phenoxy) is 1. The molecule has 0 radical (unpaired) electrons. The summed E-state index contributed by atoms with van der Waals surface area (Å²) in [6.07, 6.45) is 5.35. The second kappa shape index (κ2) is 9.16. The average molecular weight is 529 g/mol. The maximum absolute atomic E-state index is 13.1. The van der Waals surface area contributed by atoms with Gasteiger partial charge in [-0.3, -0.25) is 9.59 Å². The normalized spacial score (nSPS) is 21.1. The Balaban J connectivity index is 1.97. The Morgan fingerprint density at radius 3 is 2.62 bits per heavy atom. The molecular formula is C23H32INO3S. The predicted molar refractivity (Wildman–Crippen MR) is 126 cm³/mol. The molecule has 3 rings (SSSR count). The third-order valence-electron chi connectivity index (χ3n) is 6.64. The van der Waals surface area contributed by atoms with E-state index < -0.39 is 0 Å². The van der Waals surface area contributed by atoms with E-state index in [9.17, 15) is 9.59 Å². The molecule has 1 atom stereocenters. The van der Waals surface area contributed by atoms with Crippen LogP contribution in [-0.2, 0) is 33.7 Å². The third kappa shape index (κ3) is 4.78. The number of esters is 1. The van der Waals surface area contributed by atoms with Crippen molar-refractivity contribution in [3.8, 4) is 0 Å². The molecule has 1 fully saturated rings. The monoisotopic (exact) mass is 529 g/mol. The standard InChI is InChI=1S/C23H32INO3S/c1-6-28-21(27)11-18-14(2)17-10-20(26)25(13-19(17)15(3)22(18)29-24)16-8-7-9-23(4,5)12-16/h16H,6-13H2,1-5H3. The Kier molecular flexibility index (Phi) is 7.24. The lowest BCUT2D eigenvalue weighted by molar-refractivity contribution is -0.142. The summed E-state index contributed by atoms with van der Waals surface area (Å²) in [5, 5.41) is 0. The SMILES string of the molecule is CCOC(=O)Cc1c(C)c2c(c(C)c1SI)CN(C1CCCC(C)(C)C1)C(=O)C2. The molecule has 1 unspecified atom stereocenters. The molecule has 160 valence electrons. The molecule has 2 aliphatic rings. The van der Waals surface area contributed by atoms with Crippen molar-refractivity contribution in [3.05, 3.63) is 27.8 Å². The molecule has 0 bridgehead atoms. The van der Waals surface area contributed by atoms with Crippen LogP contribution in [0.2, 0.25) is 0 Å². The van der Waals surface area contributed by atoms with E-state index in [4.69, 9.17) is 4.74 Å². The van der Waals surface area contributed by atoms with E-state index in [0.29, 0.717) is 31.0 Å². The summed E-state index contributed by atoms with van der Waals surface area (Å²) in [4.78, 5) is 28.6. The first-order valence-corrected chi connectivity index (χ1v) is 13.9. The lowest BCUT2D eigenvalue weighted by Gasteiger charge is -2.43. The highest BCUT2D eigenvalue weighted by Crippen LogP contribution is 2.43. The van der Waals surface area contributed by atoms with Crippen molar-refractivity contribution in [1.82, 2.24) is 4.90 Å². The summed E-state index contributed by atoms with van der Waals surface area (Å²) < 4.78 is 5.20. The Morgan fingerprint density at radius 2 is 2.00 bits per heavy atom. The van der Waals surface area contributed by atoms with Gasteiger partial charge in [0.15, 0.2) is 0 Å². The van der Waals surface area contributed by atoms with Crippen LogP contribution in [-0.4, -0.2) is 29.4 Å². The van der Waals surface area contributed by atoms with E-state index >= 15 is 0 Å². The molecule has 1 aliphatic heterocycles. The van der Waals surface area contributed by atoms with Crippen LogP contribution in [0.1, 0.15) is 74.3 Å². The lowest BCUT2D eigenvalue weighted by atomic mass is 9.74. The van der Waals surface area contributed by atoms with Gasteiger partial charge in [-0.2, -0.15) is 0 Å². The van der Waals surface area contributed by atoms with Crippen molar-refractivity contribution >= 4 is 42.0 Å². The minimum atomic E-state index is -0.199. The van der Waals surface area contributed by atoms with Crippen molar-refractivity contribution in [2.75, 3.05) is 6.61 Å². The average Bonchev–Trinajstić information content (AvgIpc) is 2.65. The summed E-state index contributed by atoms with van der Waals surface area (Å²) >= 11 is 2.31. The zero-order valence-electron chi connectivity index (χ0n) is 18.2. The minimum Gasteiger partial charge on any atom is -0.466 e. The van der Waals surface area contributed by atoms with Gasteiger partial charge < -0.3 is 9.64 Å². The van der Waals surface area contributed by atoms with Crippen molar-refractivity contribution in [1.29, 1.82) is 0 Å². The first-order chi connectivity index (χ1) is 13.7. The van der Waals surface area contributed by atoms with Crippen molar-refractivity contribution in [2.45, 2.75) is 90.6 Å². The van der Waals surface area contributed by atoms with Crippen molar-refractivity contribution < 1.29 is 14.3 Å². The Labute approximate surface area is 191 Å². The van der Waals surface area contributed by atoms with Gasteiger partial charge in [0, 0.05) is 38.7 Å². The molecule has 29 heavy (non-hydrogen) atoms. The lowest BCUT2D eigenvalue weighted by Crippen LogP contribution is -2.47. The van der Waals surface area contributed by atoms with E-state index in [-0.39, 0.29) is 18.3 Å². The Morgan fingerprint density at radius 1 is 1.28 bits per heavy atom. The van der Waals surface area contributed by atoms with Crippen LogP contribution in [0.3, 0.4) is 0 Å². The van der Waals surface area contributed by atoms with E-state index in [1.54, 1.807) is 8.93 Å². The highest BCUT2D eigenvalue weighted by molar-refractivity contribution is 14.2. The first-order valence-electron chi connectivity index (χ1n) is 10.6. The molecule has 1 aliphatic carbocycles. The molecule has 1 amide bonds. The molecule has 0 aromatic heterocycles. The summed E-state index contributed by atoms with van der Waals surface area (Å²) in [6.45, 7) is 11.8. The quantitative estimate of drug-likeness (QED) is 0.363. The van der Waals surface area contributed by atoms with Gasteiger partial charge in [-0.05, 0) is 73.3 Å². The van der Waals surface area contributed by atoms with Gasteiger partial charge in [0.25, 0.3) is 0 Å². The molecule has 4 nitrogen and oxygen atoms in total. The molecule has 1 saturated carbocycles. The zero-order chi connectivity index (χ0) is 21.3. The van der Waals surface area contributed by atoms with E-state index in [0.717, 1.165) is 34.4 Å². The molecule has 6 heteroatoms. The van der Waals surface area contributed by atoms with E-state index in [1.807, 2.05) is 6.92 Å². The summed E-state index contributed by atoms with van der Waals surface area (Å²) in [7, 11) is 1.67. The fourth-order valence-corrected chi connectivity index (χ4v) is 7.41. The molecule has 0 saturated heterocycles. The van der Waals surface area contributed by atoms with Crippen molar-refractivity contribution in [3.63, 3.8) is 0 Å². The van der Waals surface area contributed by atoms with Gasteiger partial charge in [0.1, 0.15) is 0 Å². The summed E-state index contributed by atoms with van der Waals surface area (Å²) in [5.41, 5.74) is 6.07. The highest BCUT2D eigenvalue weighted by atomic mass is 127. The summed E-state index contributed by atoms with van der Waals surface area (Å²) in [6, 6.07) is 0.342. The number of amides is 1. The van der Waals surface area contributed by atoms with Crippen molar-refractivity contribution in [2.24, 2.45) is 5.41 Å². The van der Waals surface area contributed by atoms with Gasteiger partial charge >= 0.3 is 5.97 Å². The molecule has 1 aromatic rings. The number of hydrogen-bond donors (Lipinski definition) is 0. The zero-order valence-corrected chi connectivity index (χ0v) is 21.2. The molecular weight excluding hydrogens is 497 g/mol. The van der Waals surface area contributed by atoms with Gasteiger partial charge in [0.05, 0.1) is 19.4 Å². The number of nitrogens with zero attached hydrogens (tertiary/aromatic N) is 1. The third-order valence-corrected chi connectivity index (χ3v) is 8.67. The van der Waals surface area contributed by atoms with Gasteiger partial charge in [-0.25, -0.2) is 0 Å². The Bertz CT molecular complexity index is 821. The van der Waals surface area contributed by atoms with Crippen LogP contribution in [0.4, 0.5) is 0 Å². The number of halogens is 1. The second-order valence-corrected chi connectivity index (χ2v) is 11.1. The van der Waals surface area contributed by atoms with Crippen LogP contribution in [0.5, 0.6) is 0 Å². The van der Waals surface area contributed by atoms with Crippen LogP contribution in [0.15, 0.2) is 4.90 Å². The topological polar surface area (TPSA) is 46.6 Å². The number of carbonyl (C=O) groups excluding carboxylic acids is 2. The van der Waals surface area contributed by atoms with Crippen LogP contribution in [0.25, 0.3) is 0 Å². The van der Waals surface area contributed by atoms with Gasteiger partial charge in [-0.15, -0.1) is 0 Å². The van der Waals surface area contributed by atoms with Crippen LogP contribution in [0, 0.1) is 19.3 Å². The van der Waals surface area contributed by atoms with E-state index in [2.05, 4.69) is 53.8 Å². The van der Waals surface area contributed by atoms with Gasteiger partial charge in [-0.1, -0.05) is 29.2 Å². The van der Waals surface area contributed by atoms with E-state index in [1.165, 1.54) is 24.0 Å². The van der Waals surface area contributed by atoms with Gasteiger partial charge in [0.2, 0.25) is 5.91 Å². The number of hydrogen-bond acceptors (Lipinski definition) is 4. The largest absolute Gasteiger partial charge is 0.466 e. The molecule has 0 spiro atoms. The number of fused-ring (bicyclic) bond motifs is 1. The first kappa shape index (κ1) is 22.9. The van der Waals surface area contributed by atoms with Crippen LogP contribution >= 0.6 is 30.1 Å². The Hall–Kier alpha value is -0.760. The molecule has 0 N–H and O–H groups in total. The maximum Gasteiger partial charge on any atom is 0.310 e. The molecule has 1 aromatic carbocycles. The fraction of sp³-hybridized carbons (Fsp3) is 0.652. The summed E-state index contributed by atoms with van der Waals surface area (Å²) in [5.74, 6) is 0.0366. The second-order valence-electron chi connectivity index (χ2n) is 9.19. The predicted octanol–water partition coefficient (Wildman–Crippen LogP) is 5.70. The smallest absolute Gasteiger partial charge is 0.310 e. The highest BCUT2D eigenvalue weighted by Gasteiger charge is 2.37. The fourth-order valence-electron chi connectivity index (χ4n) is 5.06. The number of benzene rings is 1.